The Hall–Kier alpha value is -1.20. The summed E-state index contributed by atoms with van der Waals surface area (Å²) in [6, 6.07) is 7.78. The van der Waals surface area contributed by atoms with Crippen LogP contribution in [0.25, 0.3) is 0 Å². The highest BCUT2D eigenvalue weighted by molar-refractivity contribution is 8.15. The molecule has 10 heteroatoms. The van der Waals surface area contributed by atoms with Gasteiger partial charge in [-0.2, -0.15) is 0 Å². The van der Waals surface area contributed by atoms with Gasteiger partial charge in [0, 0.05) is 40.0 Å². The number of nitrogen functional groups attached to an aromatic ring is 1. The summed E-state index contributed by atoms with van der Waals surface area (Å²) in [6.45, 7) is 5.51. The highest BCUT2D eigenvalue weighted by atomic mass is 32.2. The zero-order valence-electron chi connectivity index (χ0n) is 17.7. The second-order valence-corrected chi connectivity index (χ2v) is 12.0. The SMILES string of the molecule is CC(C)(C1=N[C@@](C)(C(=O)O)CS1)[C@H](O)C1CSC([C@H]2CSC(c3ccccc3N)=N2)N1. The van der Waals surface area contributed by atoms with E-state index in [4.69, 9.17) is 10.7 Å². The van der Waals surface area contributed by atoms with E-state index in [-0.39, 0.29) is 17.5 Å². The molecule has 3 aliphatic rings. The van der Waals surface area contributed by atoms with Crippen LogP contribution >= 0.6 is 35.3 Å². The lowest BCUT2D eigenvalue weighted by Gasteiger charge is -2.34. The number of anilines is 1. The number of aliphatic carboxylic acids is 1. The standard InChI is InChI=1S/C21H28N4O3S3/c1-20(2,18-25-21(3,10-31-18)19(27)28)15(26)13-8-30-17(23-13)14-9-29-16(24-14)11-6-4-5-7-12(11)22/h4-7,13-15,17,23,26H,8-10,22H2,1-3H3,(H,27,28)/t13?,14-,15-,17?,21-/m1/s1. The van der Waals surface area contributed by atoms with E-state index >= 15 is 0 Å². The van der Waals surface area contributed by atoms with Gasteiger partial charge in [0.1, 0.15) is 5.04 Å². The number of aliphatic hydroxyl groups excluding tert-OH is 1. The average Bonchev–Trinajstić information content (AvgIpc) is 3.47. The van der Waals surface area contributed by atoms with E-state index in [1.165, 1.54) is 11.8 Å². The number of carbonyl (C=O) groups is 1. The predicted octanol–water partition coefficient (Wildman–Crippen LogP) is 2.54. The van der Waals surface area contributed by atoms with Crippen LogP contribution in [0.5, 0.6) is 0 Å². The van der Waals surface area contributed by atoms with E-state index in [1.54, 1.807) is 30.4 Å². The summed E-state index contributed by atoms with van der Waals surface area (Å²) in [5.74, 6) is 1.10. The lowest BCUT2D eigenvalue weighted by molar-refractivity contribution is -0.141. The minimum Gasteiger partial charge on any atom is -0.479 e. The van der Waals surface area contributed by atoms with Crippen LogP contribution in [0.1, 0.15) is 26.3 Å². The fourth-order valence-electron chi connectivity index (χ4n) is 3.87. The molecular weight excluding hydrogens is 452 g/mol. The molecule has 1 aromatic rings. The molecule has 3 aliphatic heterocycles. The number of benzene rings is 1. The maximum absolute atomic E-state index is 11.5. The van der Waals surface area contributed by atoms with Gasteiger partial charge in [-0.05, 0) is 13.0 Å². The average molecular weight is 481 g/mol. The summed E-state index contributed by atoms with van der Waals surface area (Å²) in [7, 11) is 0. The number of aliphatic hydroxyl groups is 1. The van der Waals surface area contributed by atoms with Crippen LogP contribution in [0.2, 0.25) is 0 Å². The molecule has 0 aliphatic carbocycles. The normalized spacial score (nSPS) is 32.1. The van der Waals surface area contributed by atoms with E-state index in [1.807, 2.05) is 38.1 Å². The number of aliphatic imine (C=N–C) groups is 2. The monoisotopic (exact) mass is 480 g/mol. The van der Waals surface area contributed by atoms with Gasteiger partial charge in [0.2, 0.25) is 0 Å². The molecule has 0 spiro atoms. The topological polar surface area (TPSA) is 120 Å². The number of rotatable bonds is 6. The molecule has 0 radical (unpaired) electrons. The number of para-hydroxylation sites is 1. The predicted molar refractivity (Wildman–Crippen MR) is 133 cm³/mol. The summed E-state index contributed by atoms with van der Waals surface area (Å²) in [5, 5.41) is 26.0. The van der Waals surface area contributed by atoms with Gasteiger partial charge in [0.05, 0.1) is 22.6 Å². The Bertz CT molecular complexity index is 938. The first-order valence-electron chi connectivity index (χ1n) is 10.2. The first kappa shape index (κ1) is 23.0. The van der Waals surface area contributed by atoms with Gasteiger partial charge in [0.25, 0.3) is 0 Å². The van der Waals surface area contributed by atoms with Crippen molar-refractivity contribution in [2.45, 2.75) is 49.9 Å². The molecule has 1 saturated heterocycles. The van der Waals surface area contributed by atoms with Crippen LogP contribution in [-0.2, 0) is 4.79 Å². The molecule has 0 saturated carbocycles. The number of nitrogens with two attached hydrogens (primary N) is 1. The Morgan fingerprint density at radius 2 is 2.06 bits per heavy atom. The van der Waals surface area contributed by atoms with Gasteiger partial charge in [-0.15, -0.1) is 35.3 Å². The molecule has 0 aromatic heterocycles. The number of thioether (sulfide) groups is 3. The van der Waals surface area contributed by atoms with Gasteiger partial charge < -0.3 is 15.9 Å². The fourth-order valence-corrected chi connectivity index (χ4v) is 7.85. The van der Waals surface area contributed by atoms with Crippen LogP contribution in [0.4, 0.5) is 5.69 Å². The van der Waals surface area contributed by atoms with E-state index in [9.17, 15) is 15.0 Å². The maximum Gasteiger partial charge on any atom is 0.332 e. The van der Waals surface area contributed by atoms with Gasteiger partial charge in [-0.1, -0.05) is 32.0 Å². The zero-order chi connectivity index (χ0) is 22.4. The van der Waals surface area contributed by atoms with Crippen molar-refractivity contribution >= 4 is 57.0 Å². The molecule has 2 unspecified atom stereocenters. The van der Waals surface area contributed by atoms with Crippen LogP contribution in [0.3, 0.4) is 0 Å². The van der Waals surface area contributed by atoms with Crippen LogP contribution in [0.15, 0.2) is 34.3 Å². The third-order valence-electron chi connectivity index (χ3n) is 6.02. The van der Waals surface area contributed by atoms with Crippen LogP contribution in [0, 0.1) is 5.41 Å². The molecule has 4 rings (SSSR count). The Kier molecular flexibility index (Phi) is 6.39. The Morgan fingerprint density at radius 1 is 1.32 bits per heavy atom. The number of carboxylic acids is 1. The summed E-state index contributed by atoms with van der Waals surface area (Å²) in [6.07, 6.45) is -0.685. The van der Waals surface area contributed by atoms with Crippen LogP contribution < -0.4 is 11.1 Å². The molecule has 31 heavy (non-hydrogen) atoms. The quantitative estimate of drug-likeness (QED) is 0.459. The van der Waals surface area contributed by atoms with Crippen LogP contribution in [-0.4, -0.2) is 72.6 Å². The first-order valence-corrected chi connectivity index (χ1v) is 13.2. The lowest BCUT2D eigenvalue weighted by atomic mass is 9.83. The first-order chi connectivity index (χ1) is 14.6. The van der Waals surface area contributed by atoms with Crippen molar-refractivity contribution < 1.29 is 15.0 Å². The third-order valence-corrected chi connectivity index (χ3v) is 10.1. The van der Waals surface area contributed by atoms with Crippen molar-refractivity contribution in [1.29, 1.82) is 0 Å². The number of nitrogens with zero attached hydrogens (tertiary/aromatic N) is 2. The largest absolute Gasteiger partial charge is 0.479 e. The molecule has 0 amide bonds. The lowest BCUT2D eigenvalue weighted by Crippen LogP contribution is -2.51. The van der Waals surface area contributed by atoms with Crippen molar-refractivity contribution in [3.63, 3.8) is 0 Å². The minimum atomic E-state index is -1.12. The second-order valence-electron chi connectivity index (χ2n) is 8.88. The number of carboxylic acid groups (broad SMARTS) is 1. The molecule has 5 N–H and O–H groups in total. The molecule has 1 aromatic carbocycles. The summed E-state index contributed by atoms with van der Waals surface area (Å²) >= 11 is 4.93. The van der Waals surface area contributed by atoms with Crippen molar-refractivity contribution in [2.24, 2.45) is 15.4 Å². The number of hydrogen-bond acceptors (Lipinski definition) is 9. The Morgan fingerprint density at radius 3 is 2.74 bits per heavy atom. The smallest absolute Gasteiger partial charge is 0.332 e. The molecular formula is C21H28N4O3S3. The van der Waals surface area contributed by atoms with Crippen molar-refractivity contribution in [3.05, 3.63) is 29.8 Å². The highest BCUT2D eigenvalue weighted by Crippen LogP contribution is 2.41. The molecule has 7 nitrogen and oxygen atoms in total. The second kappa shape index (κ2) is 8.62. The molecule has 3 heterocycles. The highest BCUT2D eigenvalue weighted by Gasteiger charge is 2.48. The Balaban J connectivity index is 1.43. The summed E-state index contributed by atoms with van der Waals surface area (Å²) in [5.41, 5.74) is 6.07. The molecule has 5 atom stereocenters. The van der Waals surface area contributed by atoms with Crippen molar-refractivity contribution in [3.8, 4) is 0 Å². The number of nitrogens with one attached hydrogen (secondary N) is 1. The van der Waals surface area contributed by atoms with E-state index in [2.05, 4.69) is 10.3 Å². The van der Waals surface area contributed by atoms with E-state index < -0.39 is 23.0 Å². The van der Waals surface area contributed by atoms with Crippen molar-refractivity contribution in [1.82, 2.24) is 5.32 Å². The van der Waals surface area contributed by atoms with E-state index in [0.717, 1.165) is 27.8 Å². The molecule has 168 valence electrons. The van der Waals surface area contributed by atoms with Crippen molar-refractivity contribution in [2.75, 3.05) is 23.0 Å². The van der Waals surface area contributed by atoms with Gasteiger partial charge in [0.15, 0.2) is 5.54 Å². The molecule has 0 bridgehead atoms. The van der Waals surface area contributed by atoms with E-state index in [0.29, 0.717) is 10.8 Å². The Labute approximate surface area is 195 Å². The zero-order valence-corrected chi connectivity index (χ0v) is 20.2. The fraction of sp³-hybridized carbons (Fsp3) is 0.571. The summed E-state index contributed by atoms with van der Waals surface area (Å²) in [4.78, 5) is 20.9. The third kappa shape index (κ3) is 4.37. The maximum atomic E-state index is 11.5. The number of hydrogen-bond donors (Lipinski definition) is 4. The molecule has 1 fully saturated rings. The van der Waals surface area contributed by atoms with Gasteiger partial charge >= 0.3 is 5.97 Å². The summed E-state index contributed by atoms with van der Waals surface area (Å²) < 4.78 is 0. The minimum absolute atomic E-state index is 0.110. The van der Waals surface area contributed by atoms with Gasteiger partial charge in [-0.3, -0.25) is 15.3 Å². The van der Waals surface area contributed by atoms with Gasteiger partial charge in [-0.25, -0.2) is 4.79 Å².